The Kier molecular flexibility index (Phi) is 7.85. The molecular weight excluding hydrogens is 482 g/mol. The van der Waals surface area contributed by atoms with Gasteiger partial charge in [-0.1, -0.05) is 19.9 Å². The number of rotatable bonds is 8. The molecule has 1 N–H and O–H groups in total. The highest BCUT2D eigenvalue weighted by Crippen LogP contribution is 2.38. The molecule has 0 bridgehead atoms. The molecule has 1 spiro atoms. The number of hydrogen-bond acceptors (Lipinski definition) is 7. The molecule has 4 rings (SSSR count). The number of nitrogens with zero attached hydrogens (tertiary/aromatic N) is 2. The minimum absolute atomic E-state index is 0.0327. The first-order chi connectivity index (χ1) is 17.2. The zero-order chi connectivity index (χ0) is 25.9. The van der Waals surface area contributed by atoms with Gasteiger partial charge in [-0.2, -0.15) is 5.10 Å². The average Bonchev–Trinajstić information content (AvgIpc) is 3.15. The molecule has 1 aromatic carbocycles. The Morgan fingerprint density at radius 1 is 1.28 bits per heavy atom. The molecule has 1 aromatic heterocycles. The Morgan fingerprint density at radius 3 is 2.72 bits per heavy atom. The lowest BCUT2D eigenvalue weighted by Gasteiger charge is -2.36. The van der Waals surface area contributed by atoms with Crippen molar-refractivity contribution in [3.05, 3.63) is 46.8 Å². The third kappa shape index (κ3) is 5.49. The number of hydrogen-bond donors (Lipinski definition) is 1. The molecule has 0 radical (unpaired) electrons. The van der Waals surface area contributed by atoms with Crippen molar-refractivity contribution in [3.8, 4) is 0 Å². The number of benzene rings is 1. The third-order valence-electron chi connectivity index (χ3n) is 7.23. The van der Waals surface area contributed by atoms with Crippen molar-refractivity contribution < 1.29 is 27.5 Å². The van der Waals surface area contributed by atoms with Crippen molar-refractivity contribution in [1.29, 1.82) is 0 Å². The summed E-state index contributed by atoms with van der Waals surface area (Å²) < 4.78 is 37.2. The lowest BCUT2D eigenvalue weighted by molar-refractivity contribution is 0.0160. The largest absolute Gasteiger partial charge is 0.462 e. The van der Waals surface area contributed by atoms with Crippen LogP contribution in [0, 0.1) is 11.3 Å². The summed E-state index contributed by atoms with van der Waals surface area (Å²) in [5.41, 5.74) is 2.67. The molecule has 1 saturated heterocycles. The second-order valence-electron chi connectivity index (χ2n) is 9.90. The first-order valence-corrected chi connectivity index (χ1v) is 14.3. The second-order valence-corrected chi connectivity index (χ2v) is 12.2. The number of carbonyl (C=O) groups is 2. The summed E-state index contributed by atoms with van der Waals surface area (Å²) in [5, 5.41) is 7.88. The van der Waals surface area contributed by atoms with Crippen molar-refractivity contribution in [3.63, 3.8) is 0 Å². The van der Waals surface area contributed by atoms with Gasteiger partial charge < -0.3 is 14.8 Å². The fraction of sp³-hybridized carbons (Fsp3) is 0.577. The van der Waals surface area contributed by atoms with Crippen molar-refractivity contribution in [2.45, 2.75) is 57.9 Å². The summed E-state index contributed by atoms with van der Waals surface area (Å²) in [6, 6.07) is 5.94. The number of carbonyl (C=O) groups excluding carboxylic acids is 2. The van der Waals surface area contributed by atoms with Crippen molar-refractivity contribution in [2.75, 3.05) is 32.1 Å². The van der Waals surface area contributed by atoms with E-state index in [0.29, 0.717) is 38.4 Å². The van der Waals surface area contributed by atoms with E-state index in [1.54, 1.807) is 23.7 Å². The maximum Gasteiger partial charge on any atom is 0.338 e. The molecule has 2 aliphatic heterocycles. The topological polar surface area (TPSA) is 117 Å². The first kappa shape index (κ1) is 26.3. The predicted molar refractivity (Wildman–Crippen MR) is 134 cm³/mol. The van der Waals surface area contributed by atoms with Crippen LogP contribution in [0.1, 0.15) is 65.7 Å². The Morgan fingerprint density at radius 2 is 2.03 bits per heavy atom. The van der Waals surface area contributed by atoms with Crippen LogP contribution < -0.4 is 5.32 Å². The highest BCUT2D eigenvalue weighted by Gasteiger charge is 2.39. The van der Waals surface area contributed by atoms with Gasteiger partial charge in [0.05, 0.1) is 28.5 Å². The first-order valence-electron chi connectivity index (χ1n) is 12.6. The van der Waals surface area contributed by atoms with E-state index >= 15 is 0 Å². The molecule has 1 atom stereocenters. The molecule has 9 nitrogen and oxygen atoms in total. The zero-order valence-corrected chi connectivity index (χ0v) is 22.0. The van der Waals surface area contributed by atoms with Crippen LogP contribution in [0.3, 0.4) is 0 Å². The van der Waals surface area contributed by atoms with Crippen LogP contribution in [0.5, 0.6) is 0 Å². The Balaban J connectivity index is 1.48. The van der Waals surface area contributed by atoms with Crippen LogP contribution in [0.15, 0.2) is 29.2 Å². The molecule has 0 aliphatic carbocycles. The fourth-order valence-electron chi connectivity index (χ4n) is 5.00. The minimum atomic E-state index is -3.41. The van der Waals surface area contributed by atoms with E-state index in [4.69, 9.17) is 14.6 Å². The minimum Gasteiger partial charge on any atom is -0.462 e. The van der Waals surface area contributed by atoms with E-state index < -0.39 is 15.8 Å². The van der Waals surface area contributed by atoms with Gasteiger partial charge in [-0.15, -0.1) is 0 Å². The quantitative estimate of drug-likeness (QED) is 0.535. The summed E-state index contributed by atoms with van der Waals surface area (Å²) in [5.74, 6) is -0.731. The SMILES string of the molecule is CCn1nc(CC(C)COC(=O)c2cccc(S(=O)(=O)CC)c2)c2c1C(=O)NCC1(CCOCC1)C2. The third-order valence-corrected chi connectivity index (χ3v) is 8.96. The molecule has 36 heavy (non-hydrogen) atoms. The van der Waals surface area contributed by atoms with Gasteiger partial charge >= 0.3 is 5.97 Å². The number of aromatic nitrogens is 2. The summed E-state index contributed by atoms with van der Waals surface area (Å²) in [6.45, 7) is 8.27. The highest BCUT2D eigenvalue weighted by molar-refractivity contribution is 7.91. The summed E-state index contributed by atoms with van der Waals surface area (Å²) >= 11 is 0. The zero-order valence-electron chi connectivity index (χ0n) is 21.2. The van der Waals surface area contributed by atoms with Crippen molar-refractivity contribution >= 4 is 21.7 Å². The molecule has 0 saturated carbocycles. The number of aryl methyl sites for hydroxylation is 1. The molecular formula is C26H35N3O6S. The van der Waals surface area contributed by atoms with Crippen LogP contribution in [-0.2, 0) is 38.7 Å². The van der Waals surface area contributed by atoms with E-state index in [9.17, 15) is 18.0 Å². The van der Waals surface area contributed by atoms with Gasteiger partial charge in [-0.05, 0) is 62.1 Å². The number of esters is 1. The monoisotopic (exact) mass is 517 g/mol. The van der Waals surface area contributed by atoms with Gasteiger partial charge in [-0.25, -0.2) is 13.2 Å². The van der Waals surface area contributed by atoms with Crippen LogP contribution in [0.2, 0.25) is 0 Å². The lowest BCUT2D eigenvalue weighted by Crippen LogP contribution is -2.40. The van der Waals surface area contributed by atoms with Gasteiger partial charge in [0, 0.05) is 31.9 Å². The molecule has 2 aliphatic rings. The van der Waals surface area contributed by atoms with E-state index in [1.165, 1.54) is 12.1 Å². The number of amides is 1. The molecule has 10 heteroatoms. The van der Waals surface area contributed by atoms with Gasteiger partial charge in [0.25, 0.3) is 5.91 Å². The Labute approximate surface area is 212 Å². The van der Waals surface area contributed by atoms with E-state index in [0.717, 1.165) is 30.5 Å². The average molecular weight is 518 g/mol. The number of ether oxygens (including phenoxy) is 2. The molecule has 1 amide bonds. The predicted octanol–water partition coefficient (Wildman–Crippen LogP) is 2.81. The molecule has 1 unspecified atom stereocenters. The van der Waals surface area contributed by atoms with E-state index in [-0.39, 0.29) is 40.1 Å². The smallest absolute Gasteiger partial charge is 0.338 e. The van der Waals surface area contributed by atoms with E-state index in [1.807, 2.05) is 13.8 Å². The summed E-state index contributed by atoms with van der Waals surface area (Å²) in [6.07, 6.45) is 3.12. The normalized spacial score (nSPS) is 18.2. The Hall–Kier alpha value is -2.72. The van der Waals surface area contributed by atoms with Gasteiger partial charge in [-0.3, -0.25) is 9.48 Å². The fourth-order valence-corrected chi connectivity index (χ4v) is 5.93. The van der Waals surface area contributed by atoms with Gasteiger partial charge in [0.15, 0.2) is 9.84 Å². The lowest BCUT2D eigenvalue weighted by atomic mass is 9.75. The maximum atomic E-state index is 13.0. The van der Waals surface area contributed by atoms with E-state index in [2.05, 4.69) is 5.32 Å². The maximum absolute atomic E-state index is 13.0. The molecule has 3 heterocycles. The number of nitrogens with one attached hydrogen (secondary N) is 1. The summed E-state index contributed by atoms with van der Waals surface area (Å²) in [4.78, 5) is 25.7. The van der Waals surface area contributed by atoms with Crippen LogP contribution in [0.4, 0.5) is 0 Å². The van der Waals surface area contributed by atoms with Crippen LogP contribution >= 0.6 is 0 Å². The second kappa shape index (κ2) is 10.7. The molecule has 1 fully saturated rings. The molecule has 2 aromatic rings. The summed E-state index contributed by atoms with van der Waals surface area (Å²) in [7, 11) is -3.41. The number of sulfone groups is 1. The van der Waals surface area contributed by atoms with Crippen molar-refractivity contribution in [1.82, 2.24) is 15.1 Å². The Bertz CT molecular complexity index is 1230. The molecule has 196 valence electrons. The number of fused-ring (bicyclic) bond motifs is 1. The standard InChI is InChI=1S/C26H35N3O6S/c1-4-29-23-21(15-26(17-27-24(23)30)9-11-34-12-10-26)22(28-29)13-18(3)16-35-25(31)19-7-6-8-20(14-19)36(32,33)5-2/h6-8,14,18H,4-5,9-13,15-17H2,1-3H3,(H,27,30). The van der Waals surface area contributed by atoms with Crippen LogP contribution in [-0.4, -0.2) is 62.2 Å². The van der Waals surface area contributed by atoms with Gasteiger partial charge in [0.1, 0.15) is 5.69 Å². The highest BCUT2D eigenvalue weighted by atomic mass is 32.2. The van der Waals surface area contributed by atoms with Gasteiger partial charge in [0.2, 0.25) is 0 Å². The van der Waals surface area contributed by atoms with Crippen LogP contribution in [0.25, 0.3) is 0 Å². The van der Waals surface area contributed by atoms with Crippen molar-refractivity contribution in [2.24, 2.45) is 11.3 Å².